The molecule has 6 rings (SSSR count). The number of aldehydes is 1. The van der Waals surface area contributed by atoms with E-state index in [-0.39, 0.29) is 47.1 Å². The first-order valence-electron chi connectivity index (χ1n) is 13.1. The molecule has 21 nitrogen and oxygen atoms in total. The van der Waals surface area contributed by atoms with Crippen LogP contribution in [-0.4, -0.2) is 99.8 Å². The molecule has 0 radical (unpaired) electrons. The van der Waals surface area contributed by atoms with Crippen LogP contribution < -0.4 is 22.6 Å². The first-order valence-corrected chi connectivity index (χ1v) is 14.6. The molecule has 44 heavy (non-hydrogen) atoms. The number of rotatable bonds is 11. The van der Waals surface area contributed by atoms with Crippen molar-refractivity contribution in [3.05, 3.63) is 33.4 Å². The van der Waals surface area contributed by atoms with E-state index >= 15 is 0 Å². The number of carbonyl (C=O) groups is 1. The second-order valence-electron chi connectivity index (χ2n) is 9.92. The van der Waals surface area contributed by atoms with Crippen LogP contribution in [0.3, 0.4) is 0 Å². The predicted molar refractivity (Wildman–Crippen MR) is 146 cm³/mol. The Balaban J connectivity index is 1.10. The van der Waals surface area contributed by atoms with Crippen LogP contribution in [0.15, 0.2) is 22.2 Å². The van der Waals surface area contributed by atoms with Crippen molar-refractivity contribution < 1.29 is 42.6 Å². The molecule has 4 aromatic rings. The summed E-state index contributed by atoms with van der Waals surface area (Å²) in [5, 5.41) is 21.2. The molecule has 8 N–H and O–H groups in total. The molecular weight excluding hydrogens is 611 g/mol. The average molecular weight is 638 g/mol. The number of hydrogen-bond acceptors (Lipinski definition) is 17. The summed E-state index contributed by atoms with van der Waals surface area (Å²) in [6.45, 7) is -1.62. The van der Waals surface area contributed by atoms with Crippen molar-refractivity contribution in [2.45, 2.75) is 49.7 Å². The highest BCUT2D eigenvalue weighted by Gasteiger charge is 2.41. The van der Waals surface area contributed by atoms with Gasteiger partial charge in [0.15, 0.2) is 22.3 Å². The maximum atomic E-state index is 13.4. The van der Waals surface area contributed by atoms with E-state index in [1.807, 2.05) is 0 Å². The van der Waals surface area contributed by atoms with Gasteiger partial charge in [0.25, 0.3) is 11.1 Å². The van der Waals surface area contributed by atoms with Gasteiger partial charge in [-0.05, 0) is 0 Å². The normalized spacial score (nSPS) is 25.8. The summed E-state index contributed by atoms with van der Waals surface area (Å²) in [4.78, 5) is 56.0. The van der Waals surface area contributed by atoms with Gasteiger partial charge in [0, 0.05) is 12.8 Å². The number of nitrogens with two attached hydrogens (primary N) is 2. The third-order valence-electron chi connectivity index (χ3n) is 7.02. The van der Waals surface area contributed by atoms with Gasteiger partial charge < -0.3 is 35.9 Å². The van der Waals surface area contributed by atoms with Gasteiger partial charge in [-0.1, -0.05) is 0 Å². The number of aliphatic hydroxyl groups is 2. The van der Waals surface area contributed by atoms with Crippen LogP contribution in [0.5, 0.6) is 0 Å². The number of aliphatic hydroxyl groups excluding tert-OH is 2. The van der Waals surface area contributed by atoms with E-state index in [1.165, 1.54) is 21.8 Å². The third kappa shape index (κ3) is 5.74. The van der Waals surface area contributed by atoms with E-state index in [1.54, 1.807) is 0 Å². The lowest BCUT2D eigenvalue weighted by Gasteiger charge is -2.22. The number of hydrogen-bond donors (Lipinski definition) is 6. The van der Waals surface area contributed by atoms with Crippen LogP contribution >= 0.6 is 7.82 Å². The van der Waals surface area contributed by atoms with Gasteiger partial charge in [-0.25, -0.2) is 14.5 Å². The van der Waals surface area contributed by atoms with Gasteiger partial charge in [0.05, 0.1) is 38.1 Å². The van der Waals surface area contributed by atoms with E-state index in [9.17, 15) is 29.2 Å². The number of aromatic nitrogens is 8. The Kier molecular flexibility index (Phi) is 8.02. The van der Waals surface area contributed by atoms with Crippen molar-refractivity contribution in [3.8, 4) is 0 Å². The average Bonchev–Trinajstić information content (AvgIpc) is 3.75. The van der Waals surface area contributed by atoms with Crippen LogP contribution in [0.2, 0.25) is 0 Å². The predicted octanol–water partition coefficient (Wildman–Crippen LogP) is -1.93. The van der Waals surface area contributed by atoms with Crippen molar-refractivity contribution in [1.82, 2.24) is 39.0 Å². The van der Waals surface area contributed by atoms with Gasteiger partial charge in [-0.3, -0.25) is 42.3 Å². The highest BCUT2D eigenvalue weighted by atomic mass is 31.2. The van der Waals surface area contributed by atoms with Crippen LogP contribution in [0.4, 0.5) is 11.9 Å². The number of aromatic amines is 2. The van der Waals surface area contributed by atoms with E-state index in [0.717, 1.165) is 0 Å². The molecular formula is C22H27N10O11P. The second kappa shape index (κ2) is 11.8. The largest absolute Gasteiger partial charge is 0.475 e. The molecule has 0 amide bonds. The van der Waals surface area contributed by atoms with Crippen LogP contribution in [0, 0.1) is 0 Å². The monoisotopic (exact) mass is 638 g/mol. The van der Waals surface area contributed by atoms with Crippen LogP contribution in [0.1, 0.15) is 25.3 Å². The molecule has 2 fully saturated rings. The Labute approximate surface area is 244 Å². The van der Waals surface area contributed by atoms with E-state index in [0.29, 0.717) is 6.29 Å². The summed E-state index contributed by atoms with van der Waals surface area (Å²) in [5.41, 5.74) is 10.5. The number of nitrogens with zero attached hydrogens (tertiary/aromatic N) is 6. The lowest BCUT2D eigenvalue weighted by molar-refractivity contribution is -0.110. The number of phosphoric ester groups is 1. The molecule has 0 aromatic carbocycles. The molecule has 0 saturated carbocycles. The molecule has 2 aliphatic rings. The lowest BCUT2D eigenvalue weighted by Crippen LogP contribution is -2.28. The summed E-state index contributed by atoms with van der Waals surface area (Å²) in [6.07, 6.45) is -2.93. The number of phosphoric acid groups is 1. The van der Waals surface area contributed by atoms with Crippen molar-refractivity contribution in [1.29, 1.82) is 0 Å². The summed E-state index contributed by atoms with van der Waals surface area (Å²) >= 11 is 0. The Morgan fingerprint density at radius 3 is 1.77 bits per heavy atom. The lowest BCUT2D eigenvalue weighted by atomic mass is 10.2. The number of nitrogens with one attached hydrogen (secondary N) is 2. The molecule has 2 aliphatic heterocycles. The molecule has 0 spiro atoms. The van der Waals surface area contributed by atoms with Gasteiger partial charge in [-0.15, -0.1) is 0 Å². The molecule has 0 bridgehead atoms. The number of fused-ring (bicyclic) bond motifs is 2. The molecule has 6 heterocycles. The molecule has 2 saturated heterocycles. The highest BCUT2D eigenvalue weighted by Crippen LogP contribution is 2.50. The Morgan fingerprint density at radius 2 is 1.34 bits per heavy atom. The van der Waals surface area contributed by atoms with Crippen molar-refractivity contribution in [3.63, 3.8) is 0 Å². The number of nitrogen functional groups attached to an aromatic ring is 2. The van der Waals surface area contributed by atoms with E-state index < -0.39 is 75.6 Å². The number of imidazole rings is 2. The number of ether oxygens (including phenoxy) is 2. The molecule has 236 valence electrons. The zero-order valence-electron chi connectivity index (χ0n) is 22.6. The van der Waals surface area contributed by atoms with Gasteiger partial charge >= 0.3 is 7.82 Å². The maximum Gasteiger partial charge on any atom is 0.475 e. The molecule has 6 atom stereocenters. The number of carbonyl (C=O) groups excluding carboxylic acids is 1. The zero-order valence-corrected chi connectivity index (χ0v) is 23.5. The maximum absolute atomic E-state index is 13.4. The minimum atomic E-state index is -4.46. The summed E-state index contributed by atoms with van der Waals surface area (Å²) in [6, 6.07) is 0. The Hall–Kier alpha value is -4.08. The van der Waals surface area contributed by atoms with Crippen molar-refractivity contribution in [2.75, 3.05) is 31.3 Å². The SMILES string of the molecule is Nc1nc2c(ncn2[C@H]2C[C@H](O)[C@@H](COP(=O)(OCC=O)OC[C@H]3O[C@@H](n4cnc5c(=O)[nH]c(N)nc54)C[C@@H]3O)O2)c(=O)[nH]1. The van der Waals surface area contributed by atoms with E-state index in [4.69, 9.17) is 34.5 Å². The molecule has 4 aromatic heterocycles. The topological polar surface area (TPSA) is 300 Å². The Bertz CT molecular complexity index is 1730. The molecule has 0 aliphatic carbocycles. The fraction of sp³-hybridized carbons (Fsp3) is 0.500. The second-order valence-corrected chi connectivity index (χ2v) is 11.6. The van der Waals surface area contributed by atoms with Crippen LogP contribution in [0.25, 0.3) is 22.3 Å². The minimum absolute atomic E-state index is 0.0194. The fourth-order valence-corrected chi connectivity index (χ4v) is 6.07. The van der Waals surface area contributed by atoms with Crippen molar-refractivity contribution in [2.24, 2.45) is 0 Å². The van der Waals surface area contributed by atoms with Crippen LogP contribution in [-0.2, 0) is 32.4 Å². The summed E-state index contributed by atoms with van der Waals surface area (Å²) < 4.78 is 43.7. The van der Waals surface area contributed by atoms with Gasteiger partial charge in [0.2, 0.25) is 11.9 Å². The molecule has 0 unspecified atom stereocenters. The summed E-state index contributed by atoms with van der Waals surface area (Å²) in [7, 11) is -4.46. The summed E-state index contributed by atoms with van der Waals surface area (Å²) in [5.74, 6) is -0.267. The highest BCUT2D eigenvalue weighted by molar-refractivity contribution is 7.48. The number of anilines is 2. The fourth-order valence-electron chi connectivity index (χ4n) is 4.94. The standard InChI is InChI=1S/C22H27N10O11P/c23-21-27-17-15(19(36)29-21)25-7-31(17)13-3-9(34)11(42-13)5-40-44(38,39-2-1-33)41-6-12-10(35)4-14(43-12)32-8-26-16-18(32)28-22(24)30-20(16)37/h1,7-14,34-35H,2-6H2,(H3,23,27,29,36)(H3,24,28,30,37)/t9-,10-,11+,12+,13+,14+/m0/s1. The molecule has 22 heteroatoms. The zero-order chi connectivity index (χ0) is 31.2. The quantitative estimate of drug-likeness (QED) is 0.0769. The first-order chi connectivity index (χ1) is 21.0. The minimum Gasteiger partial charge on any atom is -0.390 e. The number of H-pyrrole nitrogens is 2. The van der Waals surface area contributed by atoms with Gasteiger partial charge in [-0.2, -0.15) is 9.97 Å². The van der Waals surface area contributed by atoms with Gasteiger partial charge in [0.1, 0.15) is 37.6 Å². The Morgan fingerprint density at radius 1 is 0.886 bits per heavy atom. The van der Waals surface area contributed by atoms with E-state index in [2.05, 4.69) is 29.9 Å². The third-order valence-corrected chi connectivity index (χ3v) is 8.42. The first kappa shape index (κ1) is 30.0. The van der Waals surface area contributed by atoms with Crippen molar-refractivity contribution >= 4 is 48.3 Å². The smallest absolute Gasteiger partial charge is 0.390 e.